The number of nitrogens with zero attached hydrogens (tertiary/aromatic N) is 5. The number of fused-ring (bicyclic) bond motifs is 1. The lowest BCUT2D eigenvalue weighted by Gasteiger charge is -2.28. The van der Waals surface area contributed by atoms with Gasteiger partial charge in [0.15, 0.2) is 0 Å². The number of pyridine rings is 2. The normalized spacial score (nSPS) is 14.8. The maximum atomic E-state index is 4.74. The highest BCUT2D eigenvalue weighted by Crippen LogP contribution is 2.32. The van der Waals surface area contributed by atoms with Crippen molar-refractivity contribution in [2.45, 2.75) is 6.92 Å². The Morgan fingerprint density at radius 2 is 1.93 bits per heavy atom. The van der Waals surface area contributed by atoms with E-state index in [1.54, 1.807) is 11.3 Å². The Kier molecular flexibility index (Phi) is 4.10. The minimum Gasteiger partial charge on any atom is -0.354 e. The van der Waals surface area contributed by atoms with Crippen LogP contribution in [0.2, 0.25) is 0 Å². The van der Waals surface area contributed by atoms with Gasteiger partial charge in [0.1, 0.15) is 5.82 Å². The smallest absolute Gasteiger partial charge is 0.128 e. The summed E-state index contributed by atoms with van der Waals surface area (Å²) in [5.74, 6) is 1.04. The Morgan fingerprint density at radius 3 is 2.67 bits per heavy atom. The van der Waals surface area contributed by atoms with E-state index < -0.39 is 0 Å². The molecule has 136 valence electrons. The number of aryl methyl sites for hydroxylation is 1. The van der Waals surface area contributed by atoms with Crippen LogP contribution in [0.25, 0.3) is 27.1 Å². The average molecular weight is 376 g/mol. The summed E-state index contributed by atoms with van der Waals surface area (Å²) in [6.45, 7) is 6.05. The average Bonchev–Trinajstić information content (AvgIpc) is 3.37. The molecule has 0 amide bonds. The van der Waals surface area contributed by atoms with E-state index in [1.807, 2.05) is 36.1 Å². The summed E-state index contributed by atoms with van der Waals surface area (Å²) in [6, 6.07) is 8.54. The number of thiazole rings is 1. The number of hydrogen-bond donors (Lipinski definition) is 1. The lowest BCUT2D eigenvalue weighted by atomic mass is 10.0. The second-order valence-electron chi connectivity index (χ2n) is 6.69. The van der Waals surface area contributed by atoms with Gasteiger partial charge in [-0.25, -0.2) is 14.5 Å². The second-order valence-corrected chi connectivity index (χ2v) is 7.92. The van der Waals surface area contributed by atoms with Crippen LogP contribution < -0.4 is 10.2 Å². The fourth-order valence-electron chi connectivity index (χ4n) is 3.52. The Labute approximate surface area is 161 Å². The van der Waals surface area contributed by atoms with Crippen LogP contribution in [0.1, 0.15) is 5.01 Å². The summed E-state index contributed by atoms with van der Waals surface area (Å²) in [6.07, 6.45) is 7.80. The van der Waals surface area contributed by atoms with Gasteiger partial charge in [-0.2, -0.15) is 5.10 Å². The Bertz CT molecular complexity index is 1080. The van der Waals surface area contributed by atoms with Crippen molar-refractivity contribution in [2.24, 2.45) is 0 Å². The van der Waals surface area contributed by atoms with Crippen molar-refractivity contribution in [1.82, 2.24) is 24.9 Å². The zero-order valence-electron chi connectivity index (χ0n) is 15.1. The number of anilines is 1. The van der Waals surface area contributed by atoms with E-state index in [-0.39, 0.29) is 0 Å². The SMILES string of the molecule is Cc1ncc(-c2cc(-c3ccc(N4CCNCC4)nc3)c3ccnn3c2)s1. The van der Waals surface area contributed by atoms with E-state index in [4.69, 9.17) is 4.98 Å². The lowest BCUT2D eigenvalue weighted by molar-refractivity contribution is 0.585. The third kappa shape index (κ3) is 3.09. The first-order chi connectivity index (χ1) is 13.3. The van der Waals surface area contributed by atoms with Gasteiger partial charge in [0.05, 0.1) is 15.4 Å². The monoisotopic (exact) mass is 376 g/mol. The zero-order valence-corrected chi connectivity index (χ0v) is 15.9. The quantitative estimate of drug-likeness (QED) is 0.595. The van der Waals surface area contributed by atoms with Crippen LogP contribution in [-0.4, -0.2) is 45.8 Å². The van der Waals surface area contributed by atoms with Gasteiger partial charge in [-0.3, -0.25) is 0 Å². The molecule has 4 aromatic heterocycles. The predicted octanol–water partition coefficient (Wildman–Crippen LogP) is 3.24. The Balaban J connectivity index is 1.56. The van der Waals surface area contributed by atoms with Gasteiger partial charge in [-0.15, -0.1) is 11.3 Å². The molecule has 0 bridgehead atoms. The third-order valence-electron chi connectivity index (χ3n) is 4.91. The number of nitrogens with one attached hydrogen (secondary N) is 1. The van der Waals surface area contributed by atoms with Crippen molar-refractivity contribution in [3.8, 4) is 21.6 Å². The summed E-state index contributed by atoms with van der Waals surface area (Å²) in [5.41, 5.74) is 4.44. The maximum Gasteiger partial charge on any atom is 0.128 e. The van der Waals surface area contributed by atoms with Crippen molar-refractivity contribution < 1.29 is 0 Å². The fraction of sp³-hybridized carbons (Fsp3) is 0.250. The van der Waals surface area contributed by atoms with Crippen molar-refractivity contribution in [1.29, 1.82) is 0 Å². The van der Waals surface area contributed by atoms with Crippen LogP contribution in [0, 0.1) is 6.92 Å². The highest BCUT2D eigenvalue weighted by molar-refractivity contribution is 7.15. The molecule has 1 fully saturated rings. The molecule has 0 saturated carbocycles. The first kappa shape index (κ1) is 16.4. The summed E-state index contributed by atoms with van der Waals surface area (Å²) in [4.78, 5) is 12.6. The molecule has 0 aromatic carbocycles. The number of aromatic nitrogens is 4. The molecule has 0 radical (unpaired) electrons. The van der Waals surface area contributed by atoms with E-state index in [0.717, 1.165) is 64.1 Å². The van der Waals surface area contributed by atoms with Gasteiger partial charge in [-0.1, -0.05) is 0 Å². The molecule has 6 nitrogen and oxygen atoms in total. The first-order valence-corrected chi connectivity index (χ1v) is 9.92. The molecule has 0 aliphatic carbocycles. The van der Waals surface area contributed by atoms with Gasteiger partial charge in [-0.05, 0) is 31.2 Å². The van der Waals surface area contributed by atoms with Gasteiger partial charge < -0.3 is 10.2 Å². The minimum atomic E-state index is 0.999. The Morgan fingerprint density at radius 1 is 1.04 bits per heavy atom. The molecular formula is C20H20N6S. The van der Waals surface area contributed by atoms with Crippen LogP contribution in [0.15, 0.2) is 49.1 Å². The van der Waals surface area contributed by atoms with Crippen LogP contribution in [-0.2, 0) is 0 Å². The predicted molar refractivity (Wildman–Crippen MR) is 109 cm³/mol. The van der Waals surface area contributed by atoms with Crippen LogP contribution >= 0.6 is 11.3 Å². The highest BCUT2D eigenvalue weighted by Gasteiger charge is 2.14. The largest absolute Gasteiger partial charge is 0.354 e. The molecule has 0 atom stereocenters. The zero-order chi connectivity index (χ0) is 18.2. The van der Waals surface area contributed by atoms with Crippen molar-refractivity contribution in [3.63, 3.8) is 0 Å². The van der Waals surface area contributed by atoms with Gasteiger partial charge >= 0.3 is 0 Å². The number of piperazine rings is 1. The van der Waals surface area contributed by atoms with E-state index in [1.165, 1.54) is 0 Å². The van der Waals surface area contributed by atoms with Crippen molar-refractivity contribution >= 4 is 22.7 Å². The number of hydrogen-bond acceptors (Lipinski definition) is 6. The second kappa shape index (κ2) is 6.75. The van der Waals surface area contributed by atoms with E-state index in [9.17, 15) is 0 Å². The topological polar surface area (TPSA) is 58.4 Å². The summed E-state index contributed by atoms with van der Waals surface area (Å²) in [5, 5.41) is 8.90. The molecule has 0 spiro atoms. The first-order valence-electron chi connectivity index (χ1n) is 9.10. The van der Waals surface area contributed by atoms with Crippen molar-refractivity contribution in [3.05, 3.63) is 54.1 Å². The molecule has 1 aliphatic heterocycles. The lowest BCUT2D eigenvalue weighted by Crippen LogP contribution is -2.43. The maximum absolute atomic E-state index is 4.74. The van der Waals surface area contributed by atoms with Gasteiger partial charge in [0.2, 0.25) is 0 Å². The number of rotatable bonds is 3. The van der Waals surface area contributed by atoms with Gasteiger partial charge in [0.25, 0.3) is 0 Å². The third-order valence-corrected chi connectivity index (χ3v) is 5.87. The van der Waals surface area contributed by atoms with E-state index in [0.29, 0.717) is 0 Å². The molecule has 27 heavy (non-hydrogen) atoms. The van der Waals surface area contributed by atoms with E-state index >= 15 is 0 Å². The fourth-order valence-corrected chi connectivity index (χ4v) is 4.27. The summed E-state index contributed by atoms with van der Waals surface area (Å²) in [7, 11) is 0. The van der Waals surface area contributed by atoms with E-state index in [2.05, 4.69) is 44.7 Å². The van der Waals surface area contributed by atoms with Gasteiger partial charge in [0, 0.05) is 67.7 Å². The van der Waals surface area contributed by atoms with Crippen LogP contribution in [0.4, 0.5) is 5.82 Å². The van der Waals surface area contributed by atoms with Crippen molar-refractivity contribution in [2.75, 3.05) is 31.1 Å². The molecule has 0 unspecified atom stereocenters. The summed E-state index contributed by atoms with van der Waals surface area (Å²) < 4.78 is 1.93. The van der Waals surface area contributed by atoms with Crippen LogP contribution in [0.3, 0.4) is 0 Å². The molecule has 7 heteroatoms. The Hall–Kier alpha value is -2.77. The van der Waals surface area contributed by atoms with Crippen LogP contribution in [0.5, 0.6) is 0 Å². The molecule has 5 rings (SSSR count). The standard InChI is InChI=1S/C20H20N6S/c1-14-22-12-19(27-14)16-10-17(18-4-5-24-26(18)13-16)15-2-3-20(23-11-15)25-8-6-21-7-9-25/h2-5,10-13,21H,6-9H2,1H3. The molecule has 1 aliphatic rings. The summed E-state index contributed by atoms with van der Waals surface area (Å²) >= 11 is 1.70. The molecule has 4 aromatic rings. The minimum absolute atomic E-state index is 0.999. The molecule has 1 N–H and O–H groups in total. The molecular weight excluding hydrogens is 356 g/mol. The highest BCUT2D eigenvalue weighted by atomic mass is 32.1. The molecule has 1 saturated heterocycles. The molecule has 5 heterocycles.